The second-order valence-corrected chi connectivity index (χ2v) is 4.14. The predicted molar refractivity (Wildman–Crippen MR) is 68.4 cm³/mol. The highest BCUT2D eigenvalue weighted by Crippen LogP contribution is 2.07. The van der Waals surface area contributed by atoms with Crippen molar-refractivity contribution < 1.29 is 9.53 Å². The van der Waals surface area contributed by atoms with Gasteiger partial charge in [0.1, 0.15) is 0 Å². The fourth-order valence-electron chi connectivity index (χ4n) is 1.58. The van der Waals surface area contributed by atoms with Gasteiger partial charge < -0.3 is 4.74 Å². The van der Waals surface area contributed by atoms with Crippen LogP contribution in [0.1, 0.15) is 64.7 Å². The number of hydrogen-bond acceptors (Lipinski definition) is 2. The van der Waals surface area contributed by atoms with Gasteiger partial charge in [0.25, 0.3) is 0 Å². The molecule has 0 saturated carbocycles. The molecule has 0 amide bonds. The van der Waals surface area contributed by atoms with Gasteiger partial charge in [-0.1, -0.05) is 51.2 Å². The molecule has 0 aliphatic heterocycles. The lowest BCUT2D eigenvalue weighted by molar-refractivity contribution is -0.140. The van der Waals surface area contributed by atoms with Crippen LogP contribution in [-0.2, 0) is 9.53 Å². The van der Waals surface area contributed by atoms with Gasteiger partial charge >= 0.3 is 5.97 Å². The highest BCUT2D eigenvalue weighted by atomic mass is 16.5. The summed E-state index contributed by atoms with van der Waals surface area (Å²) in [6, 6.07) is 0. The molecule has 0 aliphatic rings. The Hall–Kier alpha value is -0.790. The molecule has 16 heavy (non-hydrogen) atoms. The van der Waals surface area contributed by atoms with E-state index >= 15 is 0 Å². The van der Waals surface area contributed by atoms with Crippen LogP contribution in [0.4, 0.5) is 0 Å². The minimum absolute atomic E-state index is 0.121. The maximum Gasteiger partial charge on any atom is 0.305 e. The molecule has 0 heterocycles. The lowest BCUT2D eigenvalue weighted by atomic mass is 10.1. The van der Waals surface area contributed by atoms with E-state index in [1.165, 1.54) is 45.6 Å². The summed E-state index contributed by atoms with van der Waals surface area (Å²) in [6.07, 6.45) is 14.8. The van der Waals surface area contributed by atoms with Gasteiger partial charge in [-0.05, 0) is 19.3 Å². The van der Waals surface area contributed by atoms with Crippen LogP contribution < -0.4 is 0 Å². The van der Waals surface area contributed by atoms with Crippen LogP contribution in [0.15, 0.2) is 12.2 Å². The molecule has 0 N–H and O–H groups in total. The Balaban J connectivity index is 3.12. The zero-order chi connectivity index (χ0) is 12.1. The zero-order valence-corrected chi connectivity index (χ0v) is 10.8. The first-order valence-corrected chi connectivity index (χ1v) is 6.53. The molecule has 2 nitrogen and oxygen atoms in total. The molecule has 0 spiro atoms. The minimum Gasteiger partial charge on any atom is -0.469 e. The molecule has 0 rings (SSSR count). The van der Waals surface area contributed by atoms with Gasteiger partial charge in [0.15, 0.2) is 0 Å². The van der Waals surface area contributed by atoms with E-state index in [-0.39, 0.29) is 5.97 Å². The number of hydrogen-bond donors (Lipinski definition) is 0. The van der Waals surface area contributed by atoms with Crippen LogP contribution in [-0.4, -0.2) is 13.1 Å². The summed E-state index contributed by atoms with van der Waals surface area (Å²) >= 11 is 0. The van der Waals surface area contributed by atoms with Crippen LogP contribution in [0.2, 0.25) is 0 Å². The molecule has 94 valence electrons. The third-order valence-corrected chi connectivity index (χ3v) is 2.63. The molecule has 0 aromatic carbocycles. The Bertz CT molecular complexity index is 185. The molecule has 0 fully saturated rings. The fourth-order valence-corrected chi connectivity index (χ4v) is 1.58. The Kier molecular flexibility index (Phi) is 11.7. The van der Waals surface area contributed by atoms with Crippen molar-refractivity contribution >= 4 is 5.97 Å². The van der Waals surface area contributed by atoms with E-state index in [1.807, 2.05) is 0 Å². The summed E-state index contributed by atoms with van der Waals surface area (Å²) in [5.74, 6) is -0.121. The summed E-state index contributed by atoms with van der Waals surface area (Å²) in [5.41, 5.74) is 0. The number of carbonyl (C=O) groups excluding carboxylic acids is 1. The minimum atomic E-state index is -0.121. The molecular weight excluding hydrogens is 200 g/mol. The maximum absolute atomic E-state index is 10.8. The Labute approximate surface area is 100 Å². The molecule has 0 aromatic rings. The number of allylic oxidation sites excluding steroid dienone is 2. The summed E-state index contributed by atoms with van der Waals surface area (Å²) in [5, 5.41) is 0. The van der Waals surface area contributed by atoms with Gasteiger partial charge in [-0.3, -0.25) is 4.79 Å². The number of carbonyl (C=O) groups is 1. The molecule has 0 bridgehead atoms. The third kappa shape index (κ3) is 11.3. The largest absolute Gasteiger partial charge is 0.469 e. The van der Waals surface area contributed by atoms with Gasteiger partial charge in [-0.15, -0.1) is 0 Å². The highest BCUT2D eigenvalue weighted by molar-refractivity contribution is 5.69. The SMILES string of the molecule is CCCCCCCC/C=C/CCC(=O)OC. The average molecular weight is 226 g/mol. The first-order valence-electron chi connectivity index (χ1n) is 6.53. The van der Waals surface area contributed by atoms with Crippen molar-refractivity contribution in [1.82, 2.24) is 0 Å². The molecule has 0 unspecified atom stereocenters. The summed E-state index contributed by atoms with van der Waals surface area (Å²) in [7, 11) is 1.43. The smallest absolute Gasteiger partial charge is 0.305 e. The third-order valence-electron chi connectivity index (χ3n) is 2.63. The van der Waals surface area contributed by atoms with Crippen molar-refractivity contribution in [2.75, 3.05) is 7.11 Å². The van der Waals surface area contributed by atoms with Crippen molar-refractivity contribution in [3.8, 4) is 0 Å². The lowest BCUT2D eigenvalue weighted by Crippen LogP contribution is -1.97. The number of methoxy groups -OCH3 is 1. The Morgan fingerprint density at radius 2 is 1.62 bits per heavy atom. The fraction of sp³-hybridized carbons (Fsp3) is 0.786. The summed E-state index contributed by atoms with van der Waals surface area (Å²) in [4.78, 5) is 10.8. The second kappa shape index (κ2) is 12.3. The molecule has 0 aromatic heterocycles. The Morgan fingerprint density at radius 1 is 1.00 bits per heavy atom. The topological polar surface area (TPSA) is 26.3 Å². The van der Waals surface area contributed by atoms with Gasteiger partial charge in [-0.2, -0.15) is 0 Å². The van der Waals surface area contributed by atoms with E-state index < -0.39 is 0 Å². The molecular formula is C14H26O2. The van der Waals surface area contributed by atoms with Crippen LogP contribution in [0, 0.1) is 0 Å². The van der Waals surface area contributed by atoms with Gasteiger partial charge in [-0.25, -0.2) is 0 Å². The quantitative estimate of drug-likeness (QED) is 0.316. The van der Waals surface area contributed by atoms with Crippen molar-refractivity contribution in [1.29, 1.82) is 0 Å². The lowest BCUT2D eigenvalue weighted by Gasteiger charge is -1.97. The van der Waals surface area contributed by atoms with E-state index in [1.54, 1.807) is 0 Å². The Morgan fingerprint density at radius 3 is 2.31 bits per heavy atom. The van der Waals surface area contributed by atoms with E-state index in [0.29, 0.717) is 6.42 Å². The highest BCUT2D eigenvalue weighted by Gasteiger charge is 1.95. The number of rotatable bonds is 10. The second-order valence-electron chi connectivity index (χ2n) is 4.14. The van der Waals surface area contributed by atoms with Crippen LogP contribution in [0.25, 0.3) is 0 Å². The molecule has 0 saturated heterocycles. The van der Waals surface area contributed by atoms with Crippen molar-refractivity contribution in [2.45, 2.75) is 64.7 Å². The van der Waals surface area contributed by atoms with Gasteiger partial charge in [0.05, 0.1) is 7.11 Å². The van der Waals surface area contributed by atoms with E-state index in [4.69, 9.17) is 0 Å². The van der Waals surface area contributed by atoms with Crippen molar-refractivity contribution in [2.24, 2.45) is 0 Å². The van der Waals surface area contributed by atoms with E-state index in [2.05, 4.69) is 23.8 Å². The van der Waals surface area contributed by atoms with Crippen molar-refractivity contribution in [3.05, 3.63) is 12.2 Å². The van der Waals surface area contributed by atoms with E-state index in [9.17, 15) is 4.79 Å². The monoisotopic (exact) mass is 226 g/mol. The first-order chi connectivity index (χ1) is 7.81. The predicted octanol–water partition coefficient (Wildman–Crippen LogP) is 4.25. The van der Waals surface area contributed by atoms with Crippen LogP contribution >= 0.6 is 0 Å². The van der Waals surface area contributed by atoms with Gasteiger partial charge in [0.2, 0.25) is 0 Å². The van der Waals surface area contributed by atoms with Crippen molar-refractivity contribution in [3.63, 3.8) is 0 Å². The average Bonchev–Trinajstić information content (AvgIpc) is 2.31. The molecule has 0 atom stereocenters. The maximum atomic E-state index is 10.8. The number of unbranched alkanes of at least 4 members (excludes halogenated alkanes) is 6. The van der Waals surface area contributed by atoms with Gasteiger partial charge in [0, 0.05) is 6.42 Å². The molecule has 0 radical (unpaired) electrons. The number of esters is 1. The molecule has 2 heteroatoms. The van der Waals surface area contributed by atoms with Crippen LogP contribution in [0.3, 0.4) is 0 Å². The van der Waals surface area contributed by atoms with E-state index in [0.717, 1.165) is 12.8 Å². The normalized spacial score (nSPS) is 10.9. The zero-order valence-electron chi connectivity index (χ0n) is 10.8. The standard InChI is InChI=1S/C14H26O2/c1-3-4-5-6-7-8-9-10-11-12-13-14(15)16-2/h10-11H,3-9,12-13H2,1-2H3/b11-10+. The number of ether oxygens (including phenoxy) is 1. The molecule has 0 aliphatic carbocycles. The van der Waals surface area contributed by atoms with Crippen LogP contribution in [0.5, 0.6) is 0 Å². The first kappa shape index (κ1) is 15.2. The summed E-state index contributed by atoms with van der Waals surface area (Å²) < 4.78 is 4.56. The summed E-state index contributed by atoms with van der Waals surface area (Å²) in [6.45, 7) is 2.24.